The topological polar surface area (TPSA) is 269 Å². The number of rotatable bonds is 7. The molecule has 3 aromatic rings. The third-order valence-electron chi connectivity index (χ3n) is 7.22. The van der Waals surface area contributed by atoms with E-state index in [0.29, 0.717) is 0 Å². The summed E-state index contributed by atoms with van der Waals surface area (Å²) in [6.07, 6.45) is -16.6. The molecule has 0 aliphatic carbocycles. The van der Waals surface area contributed by atoms with Crippen molar-refractivity contribution in [2.75, 3.05) is 13.2 Å². The van der Waals surface area contributed by atoms with Crippen molar-refractivity contribution in [1.29, 1.82) is 0 Å². The van der Waals surface area contributed by atoms with Crippen LogP contribution in [0.2, 0.25) is 0 Å². The summed E-state index contributed by atoms with van der Waals surface area (Å²) in [7, 11) is 0. The zero-order valence-electron chi connectivity index (χ0n) is 22.1. The maximum Gasteiger partial charge on any atom is 0.239 e. The van der Waals surface area contributed by atoms with Gasteiger partial charge in [0.1, 0.15) is 77.0 Å². The summed E-state index contributed by atoms with van der Waals surface area (Å²) in [6, 6.07) is 7.35. The van der Waals surface area contributed by atoms with Crippen molar-refractivity contribution in [1.82, 2.24) is 0 Å². The summed E-state index contributed by atoms with van der Waals surface area (Å²) in [5.41, 5.74) is -1.11. The van der Waals surface area contributed by atoms with E-state index >= 15 is 0 Å². The Morgan fingerprint density at radius 2 is 1.23 bits per heavy atom. The van der Waals surface area contributed by atoms with Crippen LogP contribution < -0.4 is 14.9 Å². The first kappa shape index (κ1) is 30.9. The fourth-order valence-electron chi connectivity index (χ4n) is 4.82. The van der Waals surface area contributed by atoms with Gasteiger partial charge in [0, 0.05) is 17.7 Å². The highest BCUT2D eigenvalue weighted by Gasteiger charge is 2.46. The number of phenolic OH excluding ortho intramolecular Hbond substituents is 2. The monoisotopic (exact) mass is 610 g/mol. The molecule has 0 unspecified atom stereocenters. The number of aromatic hydroxyl groups is 2. The summed E-state index contributed by atoms with van der Waals surface area (Å²) in [4.78, 5) is 13.7. The molecular formula is C27H30O16. The van der Waals surface area contributed by atoms with E-state index in [9.17, 15) is 55.9 Å². The quantitative estimate of drug-likeness (QED) is 0.130. The van der Waals surface area contributed by atoms with E-state index in [1.807, 2.05) is 0 Å². The van der Waals surface area contributed by atoms with Gasteiger partial charge in [-0.15, -0.1) is 0 Å². The first-order valence-corrected chi connectivity index (χ1v) is 13.0. The molecule has 2 aromatic carbocycles. The summed E-state index contributed by atoms with van der Waals surface area (Å²) in [6.45, 7) is -1.48. The SMILES string of the molecule is O=c1c(O[C@@H]2O[C@H](CO)[C@@H](O)[C@H](O)[C@H]2O)c(-c2ccc(O)cc2)oc2cc(O[C@@H]3O[C@@H](CO)[C@H](O)[C@H](O)[C@H]3O)cc(O)c12. The minimum Gasteiger partial charge on any atom is -0.508 e. The molecular weight excluding hydrogens is 580 g/mol. The van der Waals surface area contributed by atoms with Crippen molar-refractivity contribution in [2.45, 2.75) is 61.4 Å². The second-order valence-corrected chi connectivity index (χ2v) is 10.1. The van der Waals surface area contributed by atoms with Crippen molar-refractivity contribution < 1.29 is 74.4 Å². The Bertz CT molecular complexity index is 1490. The molecule has 16 heteroatoms. The van der Waals surface area contributed by atoms with E-state index in [-0.39, 0.29) is 28.4 Å². The molecule has 2 aliphatic rings. The molecule has 0 spiro atoms. The Morgan fingerprint density at radius 1 is 0.698 bits per heavy atom. The number of aliphatic hydroxyl groups is 8. The maximum absolute atomic E-state index is 13.7. The van der Waals surface area contributed by atoms with Gasteiger partial charge in [0.25, 0.3) is 0 Å². The van der Waals surface area contributed by atoms with Gasteiger partial charge in [0.15, 0.2) is 5.76 Å². The molecule has 3 heterocycles. The number of benzene rings is 2. The van der Waals surface area contributed by atoms with E-state index in [4.69, 9.17) is 23.4 Å². The largest absolute Gasteiger partial charge is 0.508 e. The van der Waals surface area contributed by atoms with Gasteiger partial charge in [-0.25, -0.2) is 0 Å². The van der Waals surface area contributed by atoms with Crippen LogP contribution in [0.5, 0.6) is 23.0 Å². The van der Waals surface area contributed by atoms with E-state index in [2.05, 4.69) is 0 Å². The fraction of sp³-hybridized carbons (Fsp3) is 0.444. The summed E-state index contributed by atoms with van der Waals surface area (Å²) >= 11 is 0. The molecule has 0 radical (unpaired) electrons. The number of ether oxygens (including phenoxy) is 4. The molecule has 10 N–H and O–H groups in total. The summed E-state index contributed by atoms with van der Waals surface area (Å²) in [5, 5.41) is 100. The minimum absolute atomic E-state index is 0.129. The average molecular weight is 611 g/mol. The third-order valence-corrected chi connectivity index (χ3v) is 7.22. The molecule has 2 saturated heterocycles. The normalized spacial score (nSPS) is 32.9. The second-order valence-electron chi connectivity index (χ2n) is 10.1. The van der Waals surface area contributed by atoms with Crippen molar-refractivity contribution in [3.05, 3.63) is 46.6 Å². The van der Waals surface area contributed by atoms with Crippen LogP contribution in [0.1, 0.15) is 0 Å². The first-order valence-electron chi connectivity index (χ1n) is 13.0. The highest BCUT2D eigenvalue weighted by atomic mass is 16.7. The minimum atomic E-state index is -1.89. The zero-order valence-corrected chi connectivity index (χ0v) is 22.1. The highest BCUT2D eigenvalue weighted by molar-refractivity contribution is 5.88. The van der Waals surface area contributed by atoms with E-state index in [1.54, 1.807) is 0 Å². The van der Waals surface area contributed by atoms with Crippen LogP contribution >= 0.6 is 0 Å². The van der Waals surface area contributed by atoms with Crippen molar-refractivity contribution >= 4 is 11.0 Å². The third kappa shape index (κ3) is 5.73. The van der Waals surface area contributed by atoms with Gasteiger partial charge in [0.05, 0.1) is 13.2 Å². The number of hydrogen-bond acceptors (Lipinski definition) is 16. The Hall–Kier alpha value is -3.55. The highest BCUT2D eigenvalue weighted by Crippen LogP contribution is 2.38. The van der Waals surface area contributed by atoms with Crippen LogP contribution in [0.15, 0.2) is 45.6 Å². The molecule has 0 bridgehead atoms. The Balaban J connectivity index is 1.58. The Labute approximate surface area is 241 Å². The summed E-state index contributed by atoms with van der Waals surface area (Å²) < 4.78 is 27.8. The molecule has 10 atom stereocenters. The molecule has 2 fully saturated rings. The molecule has 1 aromatic heterocycles. The van der Waals surface area contributed by atoms with Crippen LogP contribution in [0.4, 0.5) is 0 Å². The molecule has 2 aliphatic heterocycles. The first-order chi connectivity index (χ1) is 20.4. The van der Waals surface area contributed by atoms with Crippen LogP contribution in [0, 0.1) is 0 Å². The molecule has 234 valence electrons. The molecule has 16 nitrogen and oxygen atoms in total. The number of phenols is 2. The lowest BCUT2D eigenvalue weighted by Crippen LogP contribution is -2.60. The van der Waals surface area contributed by atoms with Gasteiger partial charge in [-0.2, -0.15) is 0 Å². The zero-order chi connectivity index (χ0) is 31.2. The van der Waals surface area contributed by atoms with Crippen LogP contribution in [-0.4, -0.2) is 126 Å². The van der Waals surface area contributed by atoms with Crippen LogP contribution in [0.25, 0.3) is 22.3 Å². The fourth-order valence-corrected chi connectivity index (χ4v) is 4.82. The van der Waals surface area contributed by atoms with Gasteiger partial charge >= 0.3 is 0 Å². The molecule has 0 amide bonds. The van der Waals surface area contributed by atoms with Gasteiger partial charge in [0.2, 0.25) is 23.8 Å². The molecule has 5 rings (SSSR count). The van der Waals surface area contributed by atoms with Gasteiger partial charge in [-0.3, -0.25) is 4.79 Å². The standard InChI is InChI=1S/C27H30O16/c28-7-14-17(32)20(35)22(37)26(41-14)39-11-5-12(31)16-13(6-11)40-24(9-1-3-10(30)4-2-9)25(19(16)34)43-27-23(38)21(36)18(33)15(8-29)42-27/h1-6,14-15,17-18,20-23,26-33,35-38H,7-8H2/t14-,15+,17-,18+,20-,21-,22+,23+,26+,27-/m0/s1. The smallest absolute Gasteiger partial charge is 0.239 e. The van der Waals surface area contributed by atoms with Crippen LogP contribution in [-0.2, 0) is 9.47 Å². The van der Waals surface area contributed by atoms with Gasteiger partial charge in [-0.05, 0) is 24.3 Å². The lowest BCUT2D eigenvalue weighted by atomic mass is 9.99. The number of aliphatic hydroxyl groups excluding tert-OH is 8. The predicted octanol–water partition coefficient (Wildman–Crippen LogP) is -2.77. The lowest BCUT2D eigenvalue weighted by molar-refractivity contribution is -0.277. The Morgan fingerprint density at radius 3 is 1.77 bits per heavy atom. The Kier molecular flexibility index (Phi) is 8.77. The maximum atomic E-state index is 13.7. The number of fused-ring (bicyclic) bond motifs is 1. The van der Waals surface area contributed by atoms with Gasteiger partial charge in [-0.1, -0.05) is 0 Å². The second kappa shape index (κ2) is 12.2. The van der Waals surface area contributed by atoms with Crippen molar-refractivity contribution in [2.24, 2.45) is 0 Å². The van der Waals surface area contributed by atoms with E-state index in [1.165, 1.54) is 24.3 Å². The van der Waals surface area contributed by atoms with Gasteiger partial charge < -0.3 is 74.4 Å². The summed E-state index contributed by atoms with van der Waals surface area (Å²) in [5.74, 6) is -1.96. The predicted molar refractivity (Wildman–Crippen MR) is 140 cm³/mol. The molecule has 43 heavy (non-hydrogen) atoms. The van der Waals surface area contributed by atoms with Crippen molar-refractivity contribution in [3.63, 3.8) is 0 Å². The number of hydrogen-bond donors (Lipinski definition) is 10. The average Bonchev–Trinajstić information content (AvgIpc) is 2.98. The lowest BCUT2D eigenvalue weighted by Gasteiger charge is -2.39. The van der Waals surface area contributed by atoms with Crippen LogP contribution in [0.3, 0.4) is 0 Å². The molecule has 0 saturated carbocycles. The van der Waals surface area contributed by atoms with E-state index < -0.39 is 96.9 Å². The van der Waals surface area contributed by atoms with Crippen molar-refractivity contribution in [3.8, 4) is 34.3 Å². The van der Waals surface area contributed by atoms with E-state index in [0.717, 1.165) is 12.1 Å².